The van der Waals surface area contributed by atoms with Gasteiger partial charge in [-0.2, -0.15) is 0 Å². The molecule has 4 aliphatic carbocycles. The zero-order valence-corrected chi connectivity index (χ0v) is 20.5. The molecule has 0 aromatic rings. The number of hydrogen-bond donors (Lipinski definition) is 1. The predicted octanol–water partition coefficient (Wildman–Crippen LogP) is 2.78. The molecule has 8 atom stereocenters. The summed E-state index contributed by atoms with van der Waals surface area (Å²) in [7, 11) is 1.21. The number of ether oxygens (including phenoxy) is 2. The highest BCUT2D eigenvalue weighted by Crippen LogP contribution is 2.78. The monoisotopic (exact) mass is 458 g/mol. The predicted molar refractivity (Wildman–Crippen MR) is 117 cm³/mol. The minimum Gasteiger partial charge on any atom is -0.468 e. The molecule has 2 heterocycles. The number of carbonyl (C=O) groups is 4. The lowest BCUT2D eigenvalue weighted by Gasteiger charge is -2.70. The highest BCUT2D eigenvalue weighted by atomic mass is 16.6. The van der Waals surface area contributed by atoms with E-state index in [0.717, 1.165) is 6.42 Å². The minimum atomic E-state index is -2.32. The lowest BCUT2D eigenvalue weighted by atomic mass is 9.33. The molecular weight excluding hydrogens is 424 g/mol. The summed E-state index contributed by atoms with van der Waals surface area (Å²) >= 11 is 0. The van der Waals surface area contributed by atoms with Crippen molar-refractivity contribution in [2.45, 2.75) is 78.9 Å². The van der Waals surface area contributed by atoms with Crippen molar-refractivity contribution in [3.05, 3.63) is 11.6 Å². The van der Waals surface area contributed by atoms with Gasteiger partial charge in [-0.3, -0.25) is 19.2 Å². The molecule has 33 heavy (non-hydrogen) atoms. The second kappa shape index (κ2) is 5.96. The number of rotatable bonds is 1. The number of hydrogen-bond acceptors (Lipinski definition) is 7. The molecule has 6 aliphatic rings. The van der Waals surface area contributed by atoms with Crippen LogP contribution >= 0.6 is 0 Å². The summed E-state index contributed by atoms with van der Waals surface area (Å²) in [4.78, 5) is 55.1. The Balaban J connectivity index is 1.87. The number of esters is 2. The van der Waals surface area contributed by atoms with E-state index >= 15 is 0 Å². The maximum absolute atomic E-state index is 14.1. The van der Waals surface area contributed by atoms with Gasteiger partial charge in [-0.25, -0.2) is 0 Å². The van der Waals surface area contributed by atoms with Crippen molar-refractivity contribution in [2.75, 3.05) is 7.11 Å². The SMILES string of the molecule is COC(=O)[C@]12C(=O)[C@](C)(O)C(=O)[C@@]1(C)C(C)=C[C@H]1[C@@]34CC[C@@H](OC3=O)C(C)(C)[C@@H]4CC[C@@]12C. The van der Waals surface area contributed by atoms with Crippen LogP contribution in [0.1, 0.15) is 67.2 Å². The molecule has 6 rings (SSSR count). The van der Waals surface area contributed by atoms with Crippen molar-refractivity contribution in [1.82, 2.24) is 0 Å². The smallest absolute Gasteiger partial charge is 0.321 e. The number of ketones is 2. The van der Waals surface area contributed by atoms with Gasteiger partial charge in [0, 0.05) is 11.3 Å². The lowest BCUT2D eigenvalue weighted by Crippen LogP contribution is -2.74. The van der Waals surface area contributed by atoms with E-state index < -0.39 is 50.7 Å². The Morgan fingerprint density at radius 2 is 1.70 bits per heavy atom. The number of Topliss-reactive ketones (excluding diaryl/α,β-unsaturated/α-hetero) is 2. The molecule has 0 aromatic carbocycles. The average Bonchev–Trinajstić information content (AvgIpc) is 2.87. The number of fused-ring (bicyclic) bond motifs is 5. The molecule has 0 radical (unpaired) electrons. The van der Waals surface area contributed by atoms with Crippen LogP contribution in [-0.2, 0) is 28.7 Å². The van der Waals surface area contributed by atoms with Gasteiger partial charge >= 0.3 is 11.9 Å². The van der Waals surface area contributed by atoms with Gasteiger partial charge in [0.1, 0.15) is 6.10 Å². The third-order valence-corrected chi connectivity index (χ3v) is 11.0. The Bertz CT molecular complexity index is 1050. The highest BCUT2D eigenvalue weighted by Gasteiger charge is 2.86. The second-order valence-electron chi connectivity index (χ2n) is 12.2. The first kappa shape index (κ1) is 22.8. The number of carbonyl (C=O) groups excluding carboxylic acids is 4. The maximum atomic E-state index is 14.1. The Kier molecular flexibility index (Phi) is 4.11. The Morgan fingerprint density at radius 3 is 2.27 bits per heavy atom. The molecule has 5 fully saturated rings. The van der Waals surface area contributed by atoms with Crippen molar-refractivity contribution in [3.63, 3.8) is 0 Å². The number of allylic oxidation sites excluding steroid dienone is 2. The molecule has 3 saturated carbocycles. The van der Waals surface area contributed by atoms with Gasteiger partial charge in [-0.1, -0.05) is 32.4 Å². The third kappa shape index (κ3) is 1.94. The summed E-state index contributed by atoms with van der Waals surface area (Å²) in [5.41, 5.74) is -7.55. The third-order valence-electron chi connectivity index (χ3n) is 11.0. The van der Waals surface area contributed by atoms with E-state index in [1.807, 2.05) is 13.0 Å². The minimum absolute atomic E-state index is 0.0268. The van der Waals surface area contributed by atoms with Gasteiger partial charge in [-0.15, -0.1) is 0 Å². The normalized spacial score (nSPS) is 51.8. The van der Waals surface area contributed by atoms with Crippen LogP contribution in [0.25, 0.3) is 0 Å². The van der Waals surface area contributed by atoms with E-state index in [2.05, 4.69) is 13.8 Å². The second-order valence-corrected chi connectivity index (χ2v) is 12.2. The van der Waals surface area contributed by atoms with Crippen LogP contribution in [0.2, 0.25) is 0 Å². The fourth-order valence-electron chi connectivity index (χ4n) is 9.31. The fraction of sp³-hybridized carbons (Fsp3) is 0.769. The first-order valence-corrected chi connectivity index (χ1v) is 11.9. The standard InChI is InChI=1S/C26H34O7/c1-13-12-15-22(4,10-8-14-21(2,3)16-9-11-25(14,15)19(29)33-16)26(20(30)32-7)18(28)24(6,31)17(27)23(13,26)5/h12,14-16,31H,8-11H2,1-7H3/t14-,15+,16+,22-,23+,24+,25-,26-/m0/s1. The van der Waals surface area contributed by atoms with Gasteiger partial charge in [0.25, 0.3) is 0 Å². The zero-order valence-electron chi connectivity index (χ0n) is 20.5. The molecule has 1 spiro atoms. The van der Waals surface area contributed by atoms with E-state index in [4.69, 9.17) is 9.47 Å². The van der Waals surface area contributed by atoms with Gasteiger partial charge in [0.05, 0.1) is 17.9 Å². The van der Waals surface area contributed by atoms with Gasteiger partial charge in [0.2, 0.25) is 0 Å². The van der Waals surface area contributed by atoms with Gasteiger partial charge < -0.3 is 14.6 Å². The maximum Gasteiger partial charge on any atom is 0.321 e. The molecule has 2 saturated heterocycles. The van der Waals surface area contributed by atoms with Crippen molar-refractivity contribution in [3.8, 4) is 0 Å². The summed E-state index contributed by atoms with van der Waals surface area (Å²) in [6, 6.07) is 0. The summed E-state index contributed by atoms with van der Waals surface area (Å²) in [6.07, 6.45) is 4.21. The molecule has 1 N–H and O–H groups in total. The quantitative estimate of drug-likeness (QED) is 0.366. The first-order valence-electron chi connectivity index (χ1n) is 11.9. The molecule has 180 valence electrons. The molecular formula is C26H34O7. The van der Waals surface area contributed by atoms with E-state index in [0.29, 0.717) is 24.8 Å². The number of aliphatic hydroxyl groups is 1. The number of methoxy groups -OCH3 is 1. The first-order chi connectivity index (χ1) is 15.1. The fourth-order valence-corrected chi connectivity index (χ4v) is 9.31. The Morgan fingerprint density at radius 1 is 1.06 bits per heavy atom. The van der Waals surface area contributed by atoms with Gasteiger partial charge in [-0.05, 0) is 57.8 Å². The van der Waals surface area contributed by atoms with Crippen LogP contribution < -0.4 is 0 Å². The molecule has 2 bridgehead atoms. The molecule has 2 aliphatic heterocycles. The van der Waals surface area contributed by atoms with Crippen LogP contribution in [-0.4, -0.2) is 47.4 Å². The summed E-state index contributed by atoms with van der Waals surface area (Å²) < 4.78 is 11.2. The van der Waals surface area contributed by atoms with Crippen LogP contribution in [0.3, 0.4) is 0 Å². The summed E-state index contributed by atoms with van der Waals surface area (Å²) in [5, 5.41) is 11.1. The Hall–Kier alpha value is -2.02. The van der Waals surface area contributed by atoms with Crippen molar-refractivity contribution >= 4 is 23.5 Å². The van der Waals surface area contributed by atoms with Crippen LogP contribution in [0.15, 0.2) is 11.6 Å². The van der Waals surface area contributed by atoms with Crippen molar-refractivity contribution < 1.29 is 33.8 Å². The molecule has 0 amide bonds. The van der Waals surface area contributed by atoms with E-state index in [1.54, 1.807) is 13.8 Å². The molecule has 0 aromatic heterocycles. The van der Waals surface area contributed by atoms with Crippen molar-refractivity contribution in [2.24, 2.45) is 38.9 Å². The topological polar surface area (TPSA) is 107 Å². The molecule has 0 unspecified atom stereocenters. The van der Waals surface area contributed by atoms with E-state index in [1.165, 1.54) is 14.0 Å². The largest absolute Gasteiger partial charge is 0.468 e. The van der Waals surface area contributed by atoms with E-state index in [9.17, 15) is 24.3 Å². The van der Waals surface area contributed by atoms with Gasteiger partial charge in [0.15, 0.2) is 22.6 Å². The van der Waals surface area contributed by atoms with E-state index in [-0.39, 0.29) is 23.4 Å². The zero-order chi connectivity index (χ0) is 24.6. The Labute approximate surface area is 194 Å². The van der Waals surface area contributed by atoms with Crippen LogP contribution in [0.4, 0.5) is 0 Å². The lowest BCUT2D eigenvalue weighted by molar-refractivity contribution is -0.262. The summed E-state index contributed by atoms with van der Waals surface area (Å²) in [5.74, 6) is -3.06. The molecule has 7 nitrogen and oxygen atoms in total. The average molecular weight is 459 g/mol. The van der Waals surface area contributed by atoms with Crippen molar-refractivity contribution in [1.29, 1.82) is 0 Å². The van der Waals surface area contributed by atoms with Crippen LogP contribution in [0.5, 0.6) is 0 Å². The highest BCUT2D eigenvalue weighted by molar-refractivity contribution is 6.30. The van der Waals surface area contributed by atoms with Crippen LogP contribution in [0, 0.1) is 38.9 Å². The summed E-state index contributed by atoms with van der Waals surface area (Å²) in [6.45, 7) is 10.6. The molecule has 7 heteroatoms.